The molecule has 0 unspecified atom stereocenters. The third-order valence-electron chi connectivity index (χ3n) is 3.52. The fourth-order valence-electron chi connectivity index (χ4n) is 2.51. The van der Waals surface area contributed by atoms with Crippen molar-refractivity contribution in [2.75, 3.05) is 13.1 Å². The summed E-state index contributed by atoms with van der Waals surface area (Å²) in [4.78, 5) is 6.78. The minimum atomic E-state index is 0.849. The van der Waals surface area contributed by atoms with E-state index in [1.54, 1.807) is 11.8 Å². The first kappa shape index (κ1) is 13.3. The number of nitrogens with zero attached hydrogens (tertiary/aromatic N) is 4. The maximum absolute atomic E-state index is 4.54. The molecule has 2 aliphatic heterocycles. The van der Waals surface area contributed by atoms with Gasteiger partial charge in [-0.3, -0.25) is 4.99 Å². The molecule has 4 rings (SSSR count). The van der Waals surface area contributed by atoms with Gasteiger partial charge in [0.25, 0.3) is 0 Å². The lowest BCUT2D eigenvalue weighted by atomic mass is 10.1. The van der Waals surface area contributed by atoms with Crippen molar-refractivity contribution < 1.29 is 0 Å². The zero-order chi connectivity index (χ0) is 14.8. The van der Waals surface area contributed by atoms with Crippen molar-refractivity contribution in [1.29, 1.82) is 0 Å². The highest BCUT2D eigenvalue weighted by atomic mass is 32.2. The topological polar surface area (TPSA) is 40.3 Å². The van der Waals surface area contributed by atoms with Gasteiger partial charge in [0.15, 0.2) is 10.2 Å². The summed E-state index contributed by atoms with van der Waals surface area (Å²) in [6.45, 7) is 1.76. The molecule has 22 heavy (non-hydrogen) atoms. The van der Waals surface area contributed by atoms with E-state index in [-0.39, 0.29) is 0 Å². The van der Waals surface area contributed by atoms with Gasteiger partial charge in [0.1, 0.15) is 0 Å². The minimum absolute atomic E-state index is 0.849. The number of hydrogen-bond donors (Lipinski definition) is 0. The summed E-state index contributed by atoms with van der Waals surface area (Å²) in [6.07, 6.45) is 0. The number of amidine groups is 1. The maximum atomic E-state index is 4.54. The van der Waals surface area contributed by atoms with Crippen LogP contribution in [0.1, 0.15) is 5.56 Å². The number of aliphatic imine (C=N–C) groups is 1. The van der Waals surface area contributed by atoms with Crippen molar-refractivity contribution in [1.82, 2.24) is 4.90 Å². The predicted octanol–water partition coefficient (Wildman–Crippen LogP) is 4.52. The van der Waals surface area contributed by atoms with E-state index in [1.807, 2.05) is 48.5 Å². The van der Waals surface area contributed by atoms with Crippen molar-refractivity contribution in [2.45, 2.75) is 0 Å². The van der Waals surface area contributed by atoms with Gasteiger partial charge in [-0.05, 0) is 23.9 Å². The van der Waals surface area contributed by atoms with Crippen LogP contribution in [0.5, 0.6) is 0 Å². The van der Waals surface area contributed by atoms with Crippen LogP contribution in [-0.2, 0) is 0 Å². The molecule has 0 radical (unpaired) electrons. The smallest absolute Gasteiger partial charge is 0.170 e. The summed E-state index contributed by atoms with van der Waals surface area (Å²) in [5, 5.41) is 10.8. The zero-order valence-corrected chi connectivity index (χ0v) is 12.7. The van der Waals surface area contributed by atoms with Gasteiger partial charge in [-0.2, -0.15) is 0 Å². The van der Waals surface area contributed by atoms with Crippen molar-refractivity contribution in [3.8, 4) is 0 Å². The highest BCUT2D eigenvalue weighted by Gasteiger charge is 2.33. The number of benzene rings is 2. The van der Waals surface area contributed by atoms with Gasteiger partial charge in [-0.15, -0.1) is 10.2 Å². The molecule has 2 aromatic carbocycles. The van der Waals surface area contributed by atoms with Crippen LogP contribution >= 0.6 is 11.8 Å². The maximum Gasteiger partial charge on any atom is 0.170 e. The first-order valence-electron chi connectivity index (χ1n) is 7.18. The molecule has 4 nitrogen and oxygen atoms in total. The molecule has 0 fully saturated rings. The summed E-state index contributed by atoms with van der Waals surface area (Å²) in [5.41, 5.74) is 3.13. The highest BCUT2D eigenvalue weighted by Crippen LogP contribution is 2.42. The fourth-order valence-corrected chi connectivity index (χ4v) is 3.54. The number of hydrogen-bond acceptors (Lipinski definition) is 5. The number of thioether (sulfide) groups is 1. The second-order valence-corrected chi connectivity index (χ2v) is 5.93. The molecular weight excluding hydrogens is 292 g/mol. The largest absolute Gasteiger partial charge is 0.316 e. The molecule has 0 aliphatic carbocycles. The van der Waals surface area contributed by atoms with E-state index < -0.39 is 0 Å². The first-order valence-corrected chi connectivity index (χ1v) is 8.00. The average molecular weight is 306 g/mol. The molecule has 0 aromatic heterocycles. The standard InChI is InChI=1S/C17H14N4S/c1-3-7-13(8-4-1)15-16(22-17-18-11-12-21(15)17)20-19-14-9-5-2-6-10-14/h1-10H,11-12H2. The van der Waals surface area contributed by atoms with Crippen molar-refractivity contribution in [2.24, 2.45) is 15.2 Å². The van der Waals surface area contributed by atoms with E-state index in [9.17, 15) is 0 Å². The van der Waals surface area contributed by atoms with Crippen LogP contribution in [0.15, 0.2) is 80.9 Å². The molecule has 0 N–H and O–H groups in total. The molecular formula is C17H14N4S. The van der Waals surface area contributed by atoms with Crippen molar-refractivity contribution in [3.05, 3.63) is 71.3 Å². The van der Waals surface area contributed by atoms with Crippen LogP contribution in [0.2, 0.25) is 0 Å². The number of fused-ring (bicyclic) bond motifs is 1. The van der Waals surface area contributed by atoms with Crippen LogP contribution < -0.4 is 0 Å². The Morgan fingerprint density at radius 2 is 1.64 bits per heavy atom. The van der Waals surface area contributed by atoms with Gasteiger partial charge in [0.05, 0.1) is 17.9 Å². The summed E-state index contributed by atoms with van der Waals surface area (Å²) in [7, 11) is 0. The Kier molecular flexibility index (Phi) is 3.48. The van der Waals surface area contributed by atoms with E-state index in [0.29, 0.717) is 0 Å². The molecule has 0 amide bonds. The SMILES string of the molecule is c1ccc(N=NC2=C(c3ccccc3)N3CCN=C3S2)cc1. The van der Waals surface area contributed by atoms with Gasteiger partial charge in [0.2, 0.25) is 0 Å². The lowest BCUT2D eigenvalue weighted by Gasteiger charge is -2.16. The Bertz CT molecular complexity index is 766. The monoisotopic (exact) mass is 306 g/mol. The lowest BCUT2D eigenvalue weighted by molar-refractivity contribution is 0.647. The normalized spacial score (nSPS) is 17.3. The quantitative estimate of drug-likeness (QED) is 0.782. The summed E-state index contributed by atoms with van der Waals surface area (Å²) < 4.78 is 0. The van der Waals surface area contributed by atoms with Crippen LogP contribution in [-0.4, -0.2) is 23.2 Å². The third-order valence-corrected chi connectivity index (χ3v) is 4.52. The van der Waals surface area contributed by atoms with Gasteiger partial charge in [0, 0.05) is 12.1 Å². The molecule has 0 spiro atoms. The van der Waals surface area contributed by atoms with Gasteiger partial charge < -0.3 is 4.90 Å². The van der Waals surface area contributed by atoms with Gasteiger partial charge in [-0.1, -0.05) is 48.5 Å². The Morgan fingerprint density at radius 1 is 0.909 bits per heavy atom. The Hall–Kier alpha value is -2.40. The summed E-state index contributed by atoms with van der Waals surface area (Å²) in [6, 6.07) is 20.1. The van der Waals surface area contributed by atoms with Crippen LogP contribution in [0.25, 0.3) is 5.70 Å². The molecule has 0 bridgehead atoms. The van der Waals surface area contributed by atoms with E-state index in [1.165, 1.54) is 0 Å². The van der Waals surface area contributed by atoms with E-state index >= 15 is 0 Å². The molecule has 5 heteroatoms. The van der Waals surface area contributed by atoms with E-state index in [0.717, 1.165) is 40.2 Å². The first-order chi connectivity index (χ1) is 10.9. The zero-order valence-electron chi connectivity index (χ0n) is 11.9. The minimum Gasteiger partial charge on any atom is -0.316 e. The molecule has 2 aromatic rings. The predicted molar refractivity (Wildman–Crippen MR) is 90.9 cm³/mol. The Balaban J connectivity index is 1.73. The van der Waals surface area contributed by atoms with E-state index in [4.69, 9.17) is 0 Å². The number of rotatable bonds is 3. The number of azo groups is 1. The van der Waals surface area contributed by atoms with Crippen LogP contribution in [0, 0.1) is 0 Å². The van der Waals surface area contributed by atoms with E-state index in [2.05, 4.69) is 32.3 Å². The van der Waals surface area contributed by atoms with Crippen molar-refractivity contribution >= 4 is 28.3 Å². The van der Waals surface area contributed by atoms with Crippen LogP contribution in [0.4, 0.5) is 5.69 Å². The molecule has 0 saturated heterocycles. The van der Waals surface area contributed by atoms with Gasteiger partial charge >= 0.3 is 0 Å². The molecule has 2 aliphatic rings. The Labute approximate surface area is 133 Å². The molecule has 108 valence electrons. The summed E-state index contributed by atoms with van der Waals surface area (Å²) in [5.74, 6) is 0. The Morgan fingerprint density at radius 3 is 2.41 bits per heavy atom. The second kappa shape index (κ2) is 5.77. The van der Waals surface area contributed by atoms with Gasteiger partial charge in [-0.25, -0.2) is 0 Å². The fraction of sp³-hybridized carbons (Fsp3) is 0.118. The highest BCUT2D eigenvalue weighted by molar-refractivity contribution is 8.17. The summed E-state index contributed by atoms with van der Waals surface area (Å²) >= 11 is 1.60. The molecule has 2 heterocycles. The third kappa shape index (κ3) is 2.44. The van der Waals surface area contributed by atoms with Crippen molar-refractivity contribution in [3.63, 3.8) is 0 Å². The average Bonchev–Trinajstić information content (AvgIpc) is 3.15. The van der Waals surface area contributed by atoms with Crippen LogP contribution in [0.3, 0.4) is 0 Å². The molecule has 0 saturated carbocycles. The second-order valence-electron chi connectivity index (χ2n) is 4.97. The lowest BCUT2D eigenvalue weighted by Crippen LogP contribution is -2.19. The molecule has 0 atom stereocenters.